The van der Waals surface area contributed by atoms with Crippen molar-refractivity contribution in [2.24, 2.45) is 0 Å². The van der Waals surface area contributed by atoms with Crippen molar-refractivity contribution in [2.75, 3.05) is 25.6 Å². The minimum absolute atomic E-state index is 0.00152. The maximum Gasteiger partial charge on any atom is 0.481 e. The zero-order valence-corrected chi connectivity index (χ0v) is 44.1. The Balaban J connectivity index is 1.81. The fraction of sp³-hybridized carbons (Fsp3) is 0.740. The van der Waals surface area contributed by atoms with Crippen molar-refractivity contribution in [1.29, 1.82) is 0 Å². The van der Waals surface area contributed by atoms with Crippen LogP contribution in [0, 0.1) is 0 Å². The number of carbonyl (C=O) groups excluding carboxylic acids is 3. The van der Waals surface area contributed by atoms with E-state index in [-0.39, 0.29) is 24.4 Å². The standard InChI is InChI=1S/C50H85N3O16P2/c1-3-5-7-8-9-10-11-12-13-14-15-16-17-20-23-26-30-34-45(55)64-38-42(67-46(56)35-31-27-24-21-18-19-22-25-29-33-41(54)32-28-6-4-2)39-65-70(60,61)69-71(62,63)66-40-43-47(57)48(58)49(68-43)53-37-36-44(51)52-50(53)59/h12-13,22,25,29,33,36-37,42-43,47-49,57-58H,3-11,14-21,23-24,26-28,30-32,34-35,38-40H2,1-2H3,(H,60,61)(H,62,63)(H2,51,52,59)/b13-12-,25-22-,33-29+/t42-,43-,47-,48-,49-/m1/s1. The van der Waals surface area contributed by atoms with E-state index in [1.807, 2.05) is 12.2 Å². The third kappa shape index (κ3) is 31.1. The molecule has 0 amide bonds. The second-order valence-corrected chi connectivity index (χ2v) is 21.1. The highest BCUT2D eigenvalue weighted by Crippen LogP contribution is 2.60. The van der Waals surface area contributed by atoms with Crippen molar-refractivity contribution < 1.29 is 71.1 Å². The highest BCUT2D eigenvalue weighted by atomic mass is 31.3. The van der Waals surface area contributed by atoms with E-state index in [4.69, 9.17) is 29.0 Å². The lowest BCUT2D eigenvalue weighted by molar-refractivity contribution is -0.161. The number of aliphatic hydroxyl groups is 2. The summed E-state index contributed by atoms with van der Waals surface area (Å²) in [6, 6.07) is 1.24. The molecule has 6 N–H and O–H groups in total. The fourth-order valence-corrected chi connectivity index (χ4v) is 9.69. The van der Waals surface area contributed by atoms with Crippen LogP contribution in [-0.2, 0) is 51.1 Å². The molecule has 1 aliphatic heterocycles. The average molecular weight is 1050 g/mol. The van der Waals surface area contributed by atoms with E-state index in [2.05, 4.69) is 35.3 Å². The second kappa shape index (κ2) is 38.3. The number of phosphoric acid groups is 2. The molecule has 0 aromatic carbocycles. The molecular weight excluding hydrogens is 961 g/mol. The second-order valence-electron chi connectivity index (χ2n) is 18.1. The normalized spacial score (nSPS) is 19.4. The highest BCUT2D eigenvalue weighted by Gasteiger charge is 2.46. The van der Waals surface area contributed by atoms with Gasteiger partial charge in [-0.2, -0.15) is 9.29 Å². The molecule has 19 nitrogen and oxygen atoms in total. The van der Waals surface area contributed by atoms with Crippen LogP contribution in [0.1, 0.15) is 193 Å². The van der Waals surface area contributed by atoms with Crippen LogP contribution in [0.5, 0.6) is 0 Å². The number of nitrogens with zero attached hydrogens (tertiary/aromatic N) is 2. The minimum Gasteiger partial charge on any atom is -0.462 e. The van der Waals surface area contributed by atoms with Gasteiger partial charge >= 0.3 is 33.3 Å². The molecule has 71 heavy (non-hydrogen) atoms. The number of nitrogen functional groups attached to an aromatic ring is 1. The minimum atomic E-state index is -5.44. The van der Waals surface area contributed by atoms with Gasteiger partial charge in [-0.1, -0.05) is 141 Å². The van der Waals surface area contributed by atoms with Gasteiger partial charge in [0, 0.05) is 25.5 Å². The topological polar surface area (TPSA) is 283 Å². The summed E-state index contributed by atoms with van der Waals surface area (Å²) < 4.78 is 56.7. The zero-order valence-electron chi connectivity index (χ0n) is 42.3. The summed E-state index contributed by atoms with van der Waals surface area (Å²) in [5, 5.41) is 20.9. The Bertz CT molecular complexity index is 1890. The number of ketones is 1. The number of phosphoric ester groups is 2. The van der Waals surface area contributed by atoms with Crippen LogP contribution in [-0.4, -0.2) is 91.5 Å². The Morgan fingerprint density at radius 3 is 1.83 bits per heavy atom. The molecule has 0 spiro atoms. The van der Waals surface area contributed by atoms with E-state index in [9.17, 15) is 48.3 Å². The summed E-state index contributed by atoms with van der Waals surface area (Å²) in [6.45, 7) is 1.96. The molecule has 7 atom stereocenters. The lowest BCUT2D eigenvalue weighted by Gasteiger charge is -2.21. The summed E-state index contributed by atoms with van der Waals surface area (Å²) in [5.41, 5.74) is 4.58. The van der Waals surface area contributed by atoms with Crippen molar-refractivity contribution >= 4 is 39.2 Å². The SMILES string of the molecule is CCCCCCCC/C=C\CCCCCCCCCC(=O)OC[C@H](COP(=O)(O)OP(=O)(O)OC[C@H]1O[C@@H](n2ccc(N)nc2=O)[C@H](O)[C@@H]1O)OC(=O)CCCCCCC/C=C\C=C\C(=O)CCCCC. The van der Waals surface area contributed by atoms with Crippen molar-refractivity contribution in [2.45, 2.75) is 218 Å². The van der Waals surface area contributed by atoms with Gasteiger partial charge in [-0.25, -0.2) is 13.9 Å². The number of carbonyl (C=O) groups is 3. The number of aromatic nitrogens is 2. The van der Waals surface area contributed by atoms with Gasteiger partial charge in [0.05, 0.1) is 13.2 Å². The number of hydrogen-bond acceptors (Lipinski definition) is 16. The molecule has 2 rings (SSSR count). The van der Waals surface area contributed by atoms with Crippen molar-refractivity contribution in [1.82, 2.24) is 9.55 Å². The first-order valence-corrected chi connectivity index (χ1v) is 28.9. The van der Waals surface area contributed by atoms with Crippen LogP contribution in [0.4, 0.5) is 5.82 Å². The van der Waals surface area contributed by atoms with Crippen LogP contribution >= 0.6 is 15.6 Å². The van der Waals surface area contributed by atoms with Gasteiger partial charge in [-0.05, 0) is 69.9 Å². The van der Waals surface area contributed by atoms with E-state index < -0.39 is 83.7 Å². The van der Waals surface area contributed by atoms with Crippen molar-refractivity contribution in [3.8, 4) is 0 Å². The monoisotopic (exact) mass is 1050 g/mol. The molecule has 1 aromatic rings. The van der Waals surface area contributed by atoms with Crippen LogP contribution in [0.2, 0.25) is 0 Å². The van der Waals surface area contributed by atoms with Gasteiger partial charge < -0.3 is 39.9 Å². The molecule has 1 saturated heterocycles. The van der Waals surface area contributed by atoms with E-state index in [1.165, 1.54) is 44.6 Å². The number of esters is 2. The predicted octanol–water partition coefficient (Wildman–Crippen LogP) is 9.96. The number of unbranched alkanes of at least 4 members (excludes halogenated alkanes) is 20. The Morgan fingerprint density at radius 2 is 1.23 bits per heavy atom. The number of rotatable bonds is 43. The Hall–Kier alpha value is -3.35. The smallest absolute Gasteiger partial charge is 0.462 e. The summed E-state index contributed by atoms with van der Waals surface area (Å²) in [5.74, 6) is -1.24. The molecule has 0 aliphatic carbocycles. The van der Waals surface area contributed by atoms with Crippen molar-refractivity contribution in [3.63, 3.8) is 0 Å². The summed E-state index contributed by atoms with van der Waals surface area (Å²) in [4.78, 5) is 73.7. The van der Waals surface area contributed by atoms with Gasteiger partial charge in [-0.3, -0.25) is 28.0 Å². The maximum atomic E-state index is 12.9. The Kier molecular flexibility index (Phi) is 34.4. The number of aliphatic hydroxyl groups excluding tert-OH is 2. The van der Waals surface area contributed by atoms with E-state index in [1.54, 1.807) is 12.2 Å². The average Bonchev–Trinajstić information content (AvgIpc) is 3.60. The molecule has 1 fully saturated rings. The first-order valence-electron chi connectivity index (χ1n) is 26.0. The van der Waals surface area contributed by atoms with Gasteiger partial charge in [-0.15, -0.1) is 0 Å². The highest BCUT2D eigenvalue weighted by molar-refractivity contribution is 7.61. The maximum absolute atomic E-state index is 12.9. The summed E-state index contributed by atoms with van der Waals surface area (Å²) in [7, 11) is -10.9. The van der Waals surface area contributed by atoms with Crippen LogP contribution in [0.3, 0.4) is 0 Å². The number of allylic oxidation sites excluding steroid dienone is 6. The van der Waals surface area contributed by atoms with Crippen LogP contribution in [0.15, 0.2) is 53.5 Å². The third-order valence-corrected chi connectivity index (χ3v) is 14.3. The fourth-order valence-electron chi connectivity index (χ4n) is 7.58. The molecule has 2 heterocycles. The van der Waals surface area contributed by atoms with Gasteiger partial charge in [0.1, 0.15) is 30.7 Å². The van der Waals surface area contributed by atoms with Crippen molar-refractivity contribution in [3.05, 3.63) is 59.2 Å². The molecule has 0 bridgehead atoms. The quantitative estimate of drug-likeness (QED) is 0.0102. The zero-order chi connectivity index (χ0) is 52.2. The largest absolute Gasteiger partial charge is 0.481 e. The summed E-state index contributed by atoms with van der Waals surface area (Å²) in [6.07, 6.45) is 30.6. The van der Waals surface area contributed by atoms with Gasteiger partial charge in [0.25, 0.3) is 0 Å². The molecule has 1 aromatic heterocycles. The first-order chi connectivity index (χ1) is 34.1. The van der Waals surface area contributed by atoms with Gasteiger partial charge in [0.2, 0.25) is 0 Å². The van der Waals surface area contributed by atoms with Crippen LogP contribution in [0.25, 0.3) is 0 Å². The summed E-state index contributed by atoms with van der Waals surface area (Å²) >= 11 is 0. The third-order valence-electron chi connectivity index (χ3n) is 11.7. The molecule has 21 heteroatoms. The lowest BCUT2D eigenvalue weighted by Crippen LogP contribution is -2.36. The van der Waals surface area contributed by atoms with E-state index in [0.29, 0.717) is 19.3 Å². The molecule has 2 unspecified atom stereocenters. The number of ether oxygens (including phenoxy) is 3. The van der Waals surface area contributed by atoms with E-state index in [0.717, 1.165) is 113 Å². The number of nitrogens with two attached hydrogens (primary N) is 1. The molecule has 0 saturated carbocycles. The number of anilines is 1. The first kappa shape index (κ1) is 63.8. The molecule has 406 valence electrons. The Morgan fingerprint density at radius 1 is 0.704 bits per heavy atom. The predicted molar refractivity (Wildman–Crippen MR) is 271 cm³/mol. The van der Waals surface area contributed by atoms with Gasteiger partial charge in [0.15, 0.2) is 18.1 Å². The molecular formula is C50H85N3O16P2. The number of hydrogen-bond donors (Lipinski definition) is 5. The van der Waals surface area contributed by atoms with E-state index >= 15 is 0 Å². The molecule has 0 radical (unpaired) electrons. The Labute approximate surface area is 421 Å². The lowest BCUT2D eigenvalue weighted by atomic mass is 10.1. The van der Waals surface area contributed by atoms with Crippen LogP contribution < -0.4 is 11.4 Å². The molecule has 1 aliphatic rings.